The number of amides is 1. The molecule has 1 fully saturated rings. The van der Waals surface area contributed by atoms with Crippen LogP contribution in [-0.2, 0) is 14.3 Å². The number of carbonyl (C=O) groups is 2. The molecule has 0 aromatic rings. The van der Waals surface area contributed by atoms with E-state index in [-0.39, 0.29) is 18.9 Å². The fourth-order valence-corrected chi connectivity index (χ4v) is 1.65. The zero-order valence-electron chi connectivity index (χ0n) is 9.91. The van der Waals surface area contributed by atoms with Crippen LogP contribution in [0.5, 0.6) is 0 Å². The lowest BCUT2D eigenvalue weighted by Gasteiger charge is -2.42. The number of methoxy groups -OCH3 is 1. The van der Waals surface area contributed by atoms with Crippen LogP contribution in [-0.4, -0.2) is 62.4 Å². The van der Waals surface area contributed by atoms with E-state index in [0.29, 0.717) is 26.2 Å². The highest BCUT2D eigenvalue weighted by molar-refractivity contribution is 5.78. The highest BCUT2D eigenvalue weighted by atomic mass is 16.5. The quantitative estimate of drug-likeness (QED) is 0.375. The van der Waals surface area contributed by atoms with E-state index in [9.17, 15) is 9.59 Å². The number of carboxylic acid groups (broad SMARTS) is 1. The second-order valence-electron chi connectivity index (χ2n) is 4.15. The highest BCUT2D eigenvalue weighted by Crippen LogP contribution is 2.15. The van der Waals surface area contributed by atoms with Crippen molar-refractivity contribution in [2.24, 2.45) is 0 Å². The summed E-state index contributed by atoms with van der Waals surface area (Å²) in [5, 5.41) is 17.4. The molecule has 1 heterocycles. The fraction of sp³-hybridized carbons (Fsp3) is 0.800. The number of hydrogen-bond donors (Lipinski definition) is 4. The lowest BCUT2D eigenvalue weighted by molar-refractivity contribution is -0.139. The van der Waals surface area contributed by atoms with Gasteiger partial charge in [0.15, 0.2) is 0 Å². The van der Waals surface area contributed by atoms with E-state index in [1.807, 2.05) is 0 Å². The Morgan fingerprint density at radius 2 is 2.18 bits per heavy atom. The van der Waals surface area contributed by atoms with Gasteiger partial charge in [0, 0.05) is 26.7 Å². The van der Waals surface area contributed by atoms with Crippen molar-refractivity contribution in [1.82, 2.24) is 16.0 Å². The topological polar surface area (TPSA) is 99.7 Å². The van der Waals surface area contributed by atoms with E-state index >= 15 is 0 Å². The molecule has 0 spiro atoms. The first kappa shape index (κ1) is 13.9. The van der Waals surface area contributed by atoms with E-state index < -0.39 is 11.5 Å². The zero-order chi connectivity index (χ0) is 12.7. The van der Waals surface area contributed by atoms with Crippen molar-refractivity contribution in [2.75, 3.05) is 39.9 Å². The first-order valence-electron chi connectivity index (χ1n) is 5.51. The molecule has 0 bridgehead atoms. The maximum atomic E-state index is 11.4. The summed E-state index contributed by atoms with van der Waals surface area (Å²) < 4.78 is 4.80. The Labute approximate surface area is 99.9 Å². The molecule has 17 heavy (non-hydrogen) atoms. The number of ether oxygens (including phenoxy) is 1. The van der Waals surface area contributed by atoms with Crippen LogP contribution >= 0.6 is 0 Å². The minimum atomic E-state index is -0.862. The molecular weight excluding hydrogens is 226 g/mol. The number of aliphatic carboxylic acids is 1. The van der Waals surface area contributed by atoms with Crippen molar-refractivity contribution in [1.29, 1.82) is 0 Å². The van der Waals surface area contributed by atoms with Crippen LogP contribution in [0.4, 0.5) is 0 Å². The summed E-state index contributed by atoms with van der Waals surface area (Å²) in [6, 6.07) is 0. The molecule has 1 saturated heterocycles. The molecule has 0 unspecified atom stereocenters. The van der Waals surface area contributed by atoms with Gasteiger partial charge in [-0.3, -0.25) is 14.9 Å². The Bertz CT molecular complexity index is 279. The van der Waals surface area contributed by atoms with Crippen molar-refractivity contribution in [2.45, 2.75) is 12.0 Å². The van der Waals surface area contributed by atoms with Crippen LogP contribution in [0.25, 0.3) is 0 Å². The Kier molecular flexibility index (Phi) is 5.33. The zero-order valence-corrected chi connectivity index (χ0v) is 9.91. The van der Waals surface area contributed by atoms with Gasteiger partial charge in [-0.2, -0.15) is 0 Å². The predicted molar refractivity (Wildman–Crippen MR) is 60.7 cm³/mol. The average molecular weight is 245 g/mol. The monoisotopic (exact) mass is 245 g/mol. The van der Waals surface area contributed by atoms with Crippen molar-refractivity contribution in [3.8, 4) is 0 Å². The summed E-state index contributed by atoms with van der Waals surface area (Å²) in [6.07, 6.45) is 0.0192. The van der Waals surface area contributed by atoms with Crippen molar-refractivity contribution in [3.05, 3.63) is 0 Å². The van der Waals surface area contributed by atoms with Gasteiger partial charge in [0.25, 0.3) is 0 Å². The molecule has 7 nitrogen and oxygen atoms in total. The van der Waals surface area contributed by atoms with E-state index in [4.69, 9.17) is 9.84 Å². The van der Waals surface area contributed by atoms with E-state index in [2.05, 4.69) is 16.0 Å². The SMILES string of the molecule is COCCNC(=O)CNC1(CC(=O)O)CNC1. The van der Waals surface area contributed by atoms with Gasteiger partial charge in [0.1, 0.15) is 0 Å². The molecular formula is C10H19N3O4. The van der Waals surface area contributed by atoms with E-state index in [0.717, 1.165) is 0 Å². The number of carboxylic acids is 1. The Morgan fingerprint density at radius 3 is 2.65 bits per heavy atom. The third kappa shape index (κ3) is 4.68. The lowest BCUT2D eigenvalue weighted by atomic mass is 9.88. The summed E-state index contributed by atoms with van der Waals surface area (Å²) in [7, 11) is 1.56. The molecule has 1 amide bonds. The Hall–Kier alpha value is -1.18. The maximum Gasteiger partial charge on any atom is 0.305 e. The Morgan fingerprint density at radius 1 is 1.47 bits per heavy atom. The molecule has 1 aliphatic rings. The molecule has 0 aromatic carbocycles. The number of nitrogens with one attached hydrogen (secondary N) is 3. The Balaban J connectivity index is 2.23. The van der Waals surface area contributed by atoms with Gasteiger partial charge in [-0.05, 0) is 0 Å². The average Bonchev–Trinajstić information content (AvgIpc) is 2.22. The van der Waals surface area contributed by atoms with Crippen LogP contribution < -0.4 is 16.0 Å². The minimum Gasteiger partial charge on any atom is -0.481 e. The standard InChI is InChI=1S/C10H19N3O4/c1-17-3-2-12-8(14)5-13-10(4-9(15)16)6-11-7-10/h11,13H,2-7H2,1H3,(H,12,14)(H,15,16). The van der Waals surface area contributed by atoms with E-state index in [1.165, 1.54) is 0 Å². The second-order valence-corrected chi connectivity index (χ2v) is 4.15. The van der Waals surface area contributed by atoms with Crippen LogP contribution in [0.2, 0.25) is 0 Å². The van der Waals surface area contributed by atoms with Gasteiger partial charge < -0.3 is 20.5 Å². The van der Waals surface area contributed by atoms with Gasteiger partial charge in [-0.15, -0.1) is 0 Å². The molecule has 0 radical (unpaired) electrons. The van der Waals surface area contributed by atoms with Crippen LogP contribution in [0.15, 0.2) is 0 Å². The minimum absolute atomic E-state index is 0.0192. The molecule has 1 aliphatic heterocycles. The van der Waals surface area contributed by atoms with Crippen LogP contribution in [0, 0.1) is 0 Å². The molecule has 0 aromatic heterocycles. The molecule has 1 rings (SSSR count). The van der Waals surface area contributed by atoms with E-state index in [1.54, 1.807) is 7.11 Å². The highest BCUT2D eigenvalue weighted by Gasteiger charge is 2.38. The summed E-state index contributed by atoms with van der Waals surface area (Å²) in [5.74, 6) is -1.02. The molecule has 0 atom stereocenters. The third-order valence-corrected chi connectivity index (χ3v) is 2.67. The largest absolute Gasteiger partial charge is 0.481 e. The predicted octanol–water partition coefficient (Wildman–Crippen LogP) is -1.84. The summed E-state index contributed by atoms with van der Waals surface area (Å²) in [5.41, 5.74) is -0.482. The lowest BCUT2D eigenvalue weighted by Crippen LogP contribution is -2.69. The molecule has 4 N–H and O–H groups in total. The maximum absolute atomic E-state index is 11.4. The van der Waals surface area contributed by atoms with Crippen molar-refractivity contribution >= 4 is 11.9 Å². The second kappa shape index (κ2) is 6.53. The first-order chi connectivity index (χ1) is 8.08. The van der Waals surface area contributed by atoms with Gasteiger partial charge >= 0.3 is 5.97 Å². The van der Waals surface area contributed by atoms with Gasteiger partial charge in [-0.1, -0.05) is 0 Å². The third-order valence-electron chi connectivity index (χ3n) is 2.67. The summed E-state index contributed by atoms with van der Waals surface area (Å²) in [6.45, 7) is 2.20. The molecule has 0 aliphatic carbocycles. The number of hydrogen-bond acceptors (Lipinski definition) is 5. The first-order valence-corrected chi connectivity index (χ1v) is 5.51. The van der Waals surface area contributed by atoms with Crippen molar-refractivity contribution < 1.29 is 19.4 Å². The number of carbonyl (C=O) groups excluding carboxylic acids is 1. The summed E-state index contributed by atoms with van der Waals surface area (Å²) in [4.78, 5) is 22.1. The molecule has 7 heteroatoms. The van der Waals surface area contributed by atoms with Gasteiger partial charge in [0.05, 0.1) is 25.1 Å². The van der Waals surface area contributed by atoms with Crippen LogP contribution in [0.3, 0.4) is 0 Å². The normalized spacial score (nSPS) is 17.2. The fourth-order valence-electron chi connectivity index (χ4n) is 1.65. The summed E-state index contributed by atoms with van der Waals surface area (Å²) >= 11 is 0. The van der Waals surface area contributed by atoms with Gasteiger partial charge in [-0.25, -0.2) is 0 Å². The van der Waals surface area contributed by atoms with Gasteiger partial charge in [0.2, 0.25) is 5.91 Å². The number of rotatable bonds is 8. The molecule has 0 saturated carbocycles. The smallest absolute Gasteiger partial charge is 0.305 e. The van der Waals surface area contributed by atoms with Crippen molar-refractivity contribution in [3.63, 3.8) is 0 Å². The van der Waals surface area contributed by atoms with Crippen LogP contribution in [0.1, 0.15) is 6.42 Å². The molecule has 98 valence electrons.